The first-order valence-corrected chi connectivity index (χ1v) is 4.95. The van der Waals surface area contributed by atoms with Crippen molar-refractivity contribution in [3.63, 3.8) is 0 Å². The van der Waals surface area contributed by atoms with Crippen molar-refractivity contribution in [3.8, 4) is 0 Å². The summed E-state index contributed by atoms with van der Waals surface area (Å²) < 4.78 is 0. The van der Waals surface area contributed by atoms with E-state index in [1.165, 1.54) is 0 Å². The lowest BCUT2D eigenvalue weighted by Gasteiger charge is -2.06. The molecule has 0 aliphatic rings. The van der Waals surface area contributed by atoms with Gasteiger partial charge in [0.2, 0.25) is 0 Å². The molecule has 0 aliphatic heterocycles. The molecule has 0 fully saturated rings. The second-order valence-corrected chi connectivity index (χ2v) is 3.65. The molecule has 0 bridgehead atoms. The normalized spacial score (nSPS) is 10.4. The van der Waals surface area contributed by atoms with E-state index in [0.717, 1.165) is 0 Å². The Hall–Kier alpha value is -2.14. The molecule has 0 spiro atoms. The van der Waals surface area contributed by atoms with Gasteiger partial charge in [-0.15, -0.1) is 0 Å². The van der Waals surface area contributed by atoms with Gasteiger partial charge in [0.15, 0.2) is 5.69 Å². The Kier molecular flexibility index (Phi) is 2.69. The fraction of sp³-hybridized carbons (Fsp3) is 0. The van der Waals surface area contributed by atoms with Crippen LogP contribution < -0.4 is 0 Å². The number of hydrogen-bond donors (Lipinski definition) is 2. The lowest BCUT2D eigenvalue weighted by Crippen LogP contribution is -2.11. The molecule has 0 radical (unpaired) electrons. The van der Waals surface area contributed by atoms with Crippen molar-refractivity contribution < 1.29 is 19.8 Å². The zero-order valence-corrected chi connectivity index (χ0v) is 9.10. The maximum Gasteiger partial charge on any atom is 0.355 e. The highest BCUT2D eigenvalue weighted by atomic mass is 35.5. The Morgan fingerprint density at radius 1 is 1.12 bits per heavy atom. The van der Waals surface area contributed by atoms with Crippen LogP contribution in [0.4, 0.5) is 0 Å². The predicted molar refractivity (Wildman–Crippen MR) is 60.7 cm³/mol. The van der Waals surface area contributed by atoms with Gasteiger partial charge in [-0.1, -0.05) is 29.8 Å². The first kappa shape index (κ1) is 11.3. The summed E-state index contributed by atoms with van der Waals surface area (Å²) >= 11 is 5.90. The summed E-state index contributed by atoms with van der Waals surface area (Å²) in [4.78, 5) is 25.7. The quantitative estimate of drug-likeness (QED) is 0.855. The fourth-order valence-corrected chi connectivity index (χ4v) is 1.85. The number of aromatic carboxylic acids is 2. The zero-order valence-electron chi connectivity index (χ0n) is 8.35. The Balaban J connectivity index is 2.94. The number of carboxylic acid groups (broad SMARTS) is 2. The van der Waals surface area contributed by atoms with Gasteiger partial charge in [0.05, 0.1) is 10.5 Å². The van der Waals surface area contributed by atoms with Gasteiger partial charge in [-0.05, 0) is 6.07 Å². The van der Waals surface area contributed by atoms with Crippen molar-refractivity contribution in [3.05, 3.63) is 40.5 Å². The number of nitrogens with zero attached hydrogens (tertiary/aromatic N) is 1. The van der Waals surface area contributed by atoms with Crippen LogP contribution in [-0.2, 0) is 0 Å². The van der Waals surface area contributed by atoms with Gasteiger partial charge in [-0.3, -0.25) is 0 Å². The van der Waals surface area contributed by atoms with Crippen LogP contribution in [0.15, 0.2) is 24.3 Å². The Morgan fingerprint density at radius 3 is 2.35 bits per heavy atom. The van der Waals surface area contributed by atoms with Gasteiger partial charge in [0, 0.05) is 5.39 Å². The number of rotatable bonds is 2. The highest BCUT2D eigenvalue weighted by molar-refractivity contribution is 6.38. The van der Waals surface area contributed by atoms with E-state index in [2.05, 4.69) is 4.98 Å². The van der Waals surface area contributed by atoms with Crippen LogP contribution in [0.25, 0.3) is 10.9 Å². The molecule has 0 aliphatic carbocycles. The van der Waals surface area contributed by atoms with Crippen molar-refractivity contribution in [2.45, 2.75) is 0 Å². The Morgan fingerprint density at radius 2 is 1.76 bits per heavy atom. The third-order valence-electron chi connectivity index (χ3n) is 2.25. The minimum atomic E-state index is -1.42. The average molecular weight is 252 g/mol. The molecule has 0 atom stereocenters. The number of pyridine rings is 1. The summed E-state index contributed by atoms with van der Waals surface area (Å²) in [5, 5.41) is 18.2. The molecular weight excluding hydrogens is 246 g/mol. The maximum atomic E-state index is 11.0. The number of benzene rings is 1. The Bertz CT molecular complexity index is 639. The van der Waals surface area contributed by atoms with Gasteiger partial charge < -0.3 is 10.2 Å². The molecule has 1 heterocycles. The lowest BCUT2D eigenvalue weighted by atomic mass is 10.1. The predicted octanol–water partition coefficient (Wildman–Crippen LogP) is 2.28. The van der Waals surface area contributed by atoms with Crippen molar-refractivity contribution in [2.75, 3.05) is 0 Å². The molecule has 0 unspecified atom stereocenters. The summed E-state index contributed by atoms with van der Waals surface area (Å²) in [6, 6.07) is 6.49. The molecule has 6 heteroatoms. The topological polar surface area (TPSA) is 87.5 Å². The molecule has 0 saturated carbocycles. The van der Waals surface area contributed by atoms with E-state index in [4.69, 9.17) is 21.8 Å². The van der Waals surface area contributed by atoms with Gasteiger partial charge >= 0.3 is 11.9 Å². The minimum Gasteiger partial charge on any atom is -0.478 e. The first-order chi connectivity index (χ1) is 8.02. The summed E-state index contributed by atoms with van der Waals surface area (Å²) in [6.07, 6.45) is 0. The van der Waals surface area contributed by atoms with Crippen LogP contribution in [0.3, 0.4) is 0 Å². The Labute approximate surface area is 100 Å². The molecule has 2 aromatic rings. The van der Waals surface area contributed by atoms with Crippen molar-refractivity contribution >= 4 is 34.4 Å². The van der Waals surface area contributed by atoms with E-state index in [-0.39, 0.29) is 5.02 Å². The van der Waals surface area contributed by atoms with E-state index in [1.807, 2.05) is 0 Å². The standard InChI is InChI=1S/C11H6ClNO4/c12-8-5-3-1-2-4-6(5)13-9(11(16)17)7(8)10(14)15/h1-4H,(H,14,15)(H,16,17). The molecule has 2 N–H and O–H groups in total. The molecule has 5 nitrogen and oxygen atoms in total. The van der Waals surface area contributed by atoms with E-state index in [1.54, 1.807) is 24.3 Å². The van der Waals surface area contributed by atoms with Crippen molar-refractivity contribution in [1.82, 2.24) is 4.98 Å². The molecule has 17 heavy (non-hydrogen) atoms. The van der Waals surface area contributed by atoms with E-state index in [9.17, 15) is 9.59 Å². The van der Waals surface area contributed by atoms with Crippen LogP contribution in [-0.4, -0.2) is 27.1 Å². The number of para-hydroxylation sites is 1. The number of aromatic nitrogens is 1. The molecule has 1 aromatic carbocycles. The van der Waals surface area contributed by atoms with Crippen molar-refractivity contribution in [1.29, 1.82) is 0 Å². The molecule has 0 saturated heterocycles. The van der Waals surface area contributed by atoms with Crippen LogP contribution in [0.1, 0.15) is 20.8 Å². The smallest absolute Gasteiger partial charge is 0.355 e. The largest absolute Gasteiger partial charge is 0.478 e. The second kappa shape index (κ2) is 4.03. The van der Waals surface area contributed by atoms with Crippen LogP contribution in [0, 0.1) is 0 Å². The fourth-order valence-electron chi connectivity index (χ4n) is 1.52. The second-order valence-electron chi connectivity index (χ2n) is 3.28. The van der Waals surface area contributed by atoms with Gasteiger partial charge in [-0.25, -0.2) is 14.6 Å². The zero-order chi connectivity index (χ0) is 12.6. The van der Waals surface area contributed by atoms with Gasteiger partial charge in [-0.2, -0.15) is 0 Å². The highest BCUT2D eigenvalue weighted by Gasteiger charge is 2.23. The number of hydrogen-bond acceptors (Lipinski definition) is 3. The van der Waals surface area contributed by atoms with E-state index >= 15 is 0 Å². The summed E-state index contributed by atoms with van der Waals surface area (Å²) in [5.41, 5.74) is -0.695. The first-order valence-electron chi connectivity index (χ1n) is 4.57. The SMILES string of the molecule is O=C(O)c1nc2ccccc2c(Cl)c1C(=O)O. The number of fused-ring (bicyclic) bond motifs is 1. The number of carbonyl (C=O) groups is 2. The monoisotopic (exact) mass is 251 g/mol. The molecule has 86 valence electrons. The summed E-state index contributed by atoms with van der Waals surface area (Å²) in [7, 11) is 0. The molecule has 2 rings (SSSR count). The number of halogens is 1. The highest BCUT2D eigenvalue weighted by Crippen LogP contribution is 2.28. The third kappa shape index (κ3) is 1.81. The van der Waals surface area contributed by atoms with E-state index in [0.29, 0.717) is 10.9 Å². The van der Waals surface area contributed by atoms with Crippen LogP contribution >= 0.6 is 11.6 Å². The minimum absolute atomic E-state index is 0.111. The summed E-state index contributed by atoms with van der Waals surface area (Å²) in [5.74, 6) is -2.83. The molecule has 0 amide bonds. The van der Waals surface area contributed by atoms with Crippen LogP contribution in [0.2, 0.25) is 5.02 Å². The number of carboxylic acids is 2. The lowest BCUT2D eigenvalue weighted by molar-refractivity contribution is 0.0647. The average Bonchev–Trinajstić information content (AvgIpc) is 2.28. The maximum absolute atomic E-state index is 11.0. The van der Waals surface area contributed by atoms with Gasteiger partial charge in [0.1, 0.15) is 5.56 Å². The van der Waals surface area contributed by atoms with Crippen molar-refractivity contribution in [2.24, 2.45) is 0 Å². The van der Waals surface area contributed by atoms with E-state index < -0.39 is 23.2 Å². The third-order valence-corrected chi connectivity index (χ3v) is 2.64. The summed E-state index contributed by atoms with van der Waals surface area (Å²) in [6.45, 7) is 0. The molecular formula is C11H6ClNO4. The van der Waals surface area contributed by atoms with Crippen LogP contribution in [0.5, 0.6) is 0 Å². The molecule has 1 aromatic heterocycles. The van der Waals surface area contributed by atoms with Gasteiger partial charge in [0.25, 0.3) is 0 Å².